The predicted octanol–water partition coefficient (Wildman–Crippen LogP) is 2.85. The van der Waals surface area contributed by atoms with Gasteiger partial charge in [0.25, 0.3) is 11.5 Å². The number of rotatable bonds is 7. The second-order valence-corrected chi connectivity index (χ2v) is 8.04. The van der Waals surface area contributed by atoms with Crippen LogP contribution in [0.2, 0.25) is 0 Å². The van der Waals surface area contributed by atoms with Crippen molar-refractivity contribution in [1.82, 2.24) is 20.6 Å². The summed E-state index contributed by atoms with van der Waals surface area (Å²) in [6.45, 7) is 0.108. The maximum Gasteiger partial charge on any atom is 0.408 e. The molecular weight excluding hydrogens is 443 g/mol. The van der Waals surface area contributed by atoms with Crippen LogP contribution in [0.15, 0.2) is 59.4 Å². The average Bonchev–Trinajstić information content (AvgIpc) is 2.82. The fourth-order valence-electron chi connectivity index (χ4n) is 3.63. The van der Waals surface area contributed by atoms with Gasteiger partial charge >= 0.3 is 6.09 Å². The van der Waals surface area contributed by atoms with E-state index in [1.807, 2.05) is 30.3 Å². The molecule has 1 aliphatic rings. The number of carbonyl (C=O) groups is 2. The normalized spacial score (nSPS) is 14.0. The molecule has 3 aromatic rings. The Bertz CT molecular complexity index is 1240. The smallest absolute Gasteiger partial charge is 0.408 e. The van der Waals surface area contributed by atoms with Crippen molar-refractivity contribution in [3.05, 3.63) is 93.4 Å². The molecule has 1 heterocycles. The van der Waals surface area contributed by atoms with Gasteiger partial charge in [0, 0.05) is 6.54 Å². The van der Waals surface area contributed by atoms with Crippen molar-refractivity contribution in [1.29, 1.82) is 0 Å². The van der Waals surface area contributed by atoms with Crippen LogP contribution in [0.1, 0.15) is 46.7 Å². The van der Waals surface area contributed by atoms with E-state index in [1.54, 1.807) is 0 Å². The highest BCUT2D eigenvalue weighted by Gasteiger charge is 2.44. The lowest BCUT2D eigenvalue weighted by molar-refractivity contribution is 0.0937. The van der Waals surface area contributed by atoms with E-state index in [2.05, 4.69) is 20.6 Å². The topological polar surface area (TPSA) is 133 Å². The van der Waals surface area contributed by atoms with Crippen molar-refractivity contribution >= 4 is 12.0 Å². The molecule has 2 amide bonds. The van der Waals surface area contributed by atoms with E-state index in [-0.39, 0.29) is 19.0 Å². The van der Waals surface area contributed by atoms with Crippen LogP contribution in [-0.4, -0.2) is 27.1 Å². The van der Waals surface area contributed by atoms with Crippen molar-refractivity contribution in [2.24, 2.45) is 0 Å². The minimum atomic E-state index is -1.02. The van der Waals surface area contributed by atoms with E-state index in [4.69, 9.17) is 4.74 Å². The zero-order chi connectivity index (χ0) is 24.1. The number of nitrogens with one attached hydrogen (secondary N) is 3. The van der Waals surface area contributed by atoms with Gasteiger partial charge in [0.1, 0.15) is 23.8 Å². The number of halogens is 1. The second-order valence-electron chi connectivity index (χ2n) is 8.04. The molecule has 0 radical (unpaired) electrons. The molecule has 9 nitrogen and oxygen atoms in total. The third kappa shape index (κ3) is 5.06. The zero-order valence-electron chi connectivity index (χ0n) is 18.1. The van der Waals surface area contributed by atoms with Gasteiger partial charge in [-0.3, -0.25) is 9.59 Å². The van der Waals surface area contributed by atoms with E-state index in [0.717, 1.165) is 12.0 Å². The third-order valence-electron chi connectivity index (χ3n) is 5.69. The highest BCUT2D eigenvalue weighted by atomic mass is 19.1. The van der Waals surface area contributed by atoms with E-state index < -0.39 is 40.4 Å². The van der Waals surface area contributed by atoms with Crippen molar-refractivity contribution in [3.8, 4) is 5.75 Å². The number of hydrogen-bond donors (Lipinski definition) is 4. The van der Waals surface area contributed by atoms with Crippen LogP contribution in [0, 0.1) is 5.82 Å². The van der Waals surface area contributed by atoms with Gasteiger partial charge in [-0.1, -0.05) is 42.5 Å². The first kappa shape index (κ1) is 23.0. The van der Waals surface area contributed by atoms with Gasteiger partial charge in [0.05, 0.1) is 0 Å². The largest absolute Gasteiger partial charge is 0.501 e. The average molecular weight is 466 g/mol. The lowest BCUT2D eigenvalue weighted by Gasteiger charge is -2.40. The summed E-state index contributed by atoms with van der Waals surface area (Å²) in [6.07, 6.45) is 1.01. The first-order valence-electron chi connectivity index (χ1n) is 10.7. The maximum atomic E-state index is 13.1. The molecule has 1 aromatic heterocycles. The van der Waals surface area contributed by atoms with Crippen LogP contribution < -0.4 is 16.2 Å². The SMILES string of the molecule is O=C(NC1(c2nc(C(=O)NCc3ccc(F)cc3)c(O)c(=O)[nH]2)CCC1)OCc1ccccc1. The lowest BCUT2D eigenvalue weighted by Crippen LogP contribution is -2.52. The number of amides is 2. The molecule has 0 atom stereocenters. The Morgan fingerprint density at radius 1 is 1.09 bits per heavy atom. The summed E-state index contributed by atoms with van der Waals surface area (Å²) in [6, 6.07) is 14.7. The fraction of sp³-hybridized carbons (Fsp3) is 0.250. The van der Waals surface area contributed by atoms with Gasteiger partial charge in [-0.2, -0.15) is 0 Å². The minimum Gasteiger partial charge on any atom is -0.501 e. The molecule has 34 heavy (non-hydrogen) atoms. The Kier molecular flexibility index (Phi) is 6.58. The molecule has 0 spiro atoms. The third-order valence-corrected chi connectivity index (χ3v) is 5.69. The molecule has 1 aliphatic carbocycles. The van der Waals surface area contributed by atoms with Crippen molar-refractivity contribution in [2.75, 3.05) is 0 Å². The standard InChI is InChI=1S/C24H23FN4O5/c25-17-9-7-15(8-10-17)13-26-20(31)18-19(30)21(32)28-22(27-18)24(11-4-12-24)29-23(33)34-14-16-5-2-1-3-6-16/h1-3,5-10,30H,4,11-14H2,(H,26,31)(H,29,33)(H,27,28,32). The number of aromatic hydroxyl groups is 1. The summed E-state index contributed by atoms with van der Waals surface area (Å²) in [4.78, 5) is 44.1. The molecule has 4 rings (SSSR count). The first-order valence-corrected chi connectivity index (χ1v) is 10.7. The van der Waals surface area contributed by atoms with E-state index in [1.165, 1.54) is 24.3 Å². The molecule has 2 aromatic carbocycles. The van der Waals surface area contributed by atoms with Gasteiger partial charge < -0.3 is 25.5 Å². The Morgan fingerprint density at radius 3 is 2.44 bits per heavy atom. The summed E-state index contributed by atoms with van der Waals surface area (Å²) in [5, 5.41) is 15.4. The molecule has 4 N–H and O–H groups in total. The molecule has 176 valence electrons. The van der Waals surface area contributed by atoms with Crippen LogP contribution in [0.25, 0.3) is 0 Å². The number of alkyl carbamates (subject to hydrolysis) is 1. The van der Waals surface area contributed by atoms with E-state index >= 15 is 0 Å². The minimum absolute atomic E-state index is 0.0393. The van der Waals surface area contributed by atoms with Gasteiger partial charge in [0.2, 0.25) is 5.75 Å². The quantitative estimate of drug-likeness (QED) is 0.423. The molecule has 1 fully saturated rings. The van der Waals surface area contributed by atoms with Crippen LogP contribution in [-0.2, 0) is 23.4 Å². The van der Waals surface area contributed by atoms with Crippen LogP contribution in [0.3, 0.4) is 0 Å². The van der Waals surface area contributed by atoms with E-state index in [0.29, 0.717) is 18.4 Å². The highest BCUT2D eigenvalue weighted by molar-refractivity contribution is 5.94. The Hall–Kier alpha value is -4.21. The summed E-state index contributed by atoms with van der Waals surface area (Å²) >= 11 is 0. The number of benzene rings is 2. The van der Waals surface area contributed by atoms with Crippen LogP contribution in [0.4, 0.5) is 9.18 Å². The van der Waals surface area contributed by atoms with Crippen molar-refractivity contribution < 1.29 is 23.8 Å². The molecule has 10 heteroatoms. The highest BCUT2D eigenvalue weighted by Crippen LogP contribution is 2.39. The maximum absolute atomic E-state index is 13.1. The number of nitrogens with zero attached hydrogens (tertiary/aromatic N) is 1. The number of carbonyl (C=O) groups excluding carboxylic acids is 2. The van der Waals surface area contributed by atoms with Gasteiger partial charge in [-0.15, -0.1) is 0 Å². The summed E-state index contributed by atoms with van der Waals surface area (Å²) in [7, 11) is 0. The van der Waals surface area contributed by atoms with Crippen molar-refractivity contribution in [3.63, 3.8) is 0 Å². The van der Waals surface area contributed by atoms with E-state index in [9.17, 15) is 23.9 Å². The number of ether oxygens (including phenoxy) is 1. The van der Waals surface area contributed by atoms with Crippen LogP contribution in [0.5, 0.6) is 5.75 Å². The monoisotopic (exact) mass is 466 g/mol. The Balaban J connectivity index is 1.48. The number of hydrogen-bond acceptors (Lipinski definition) is 6. The number of aromatic amines is 1. The van der Waals surface area contributed by atoms with Crippen molar-refractivity contribution in [2.45, 2.75) is 38.0 Å². The molecule has 1 saturated carbocycles. The number of aromatic nitrogens is 2. The molecule has 0 aliphatic heterocycles. The summed E-state index contributed by atoms with van der Waals surface area (Å²) < 4.78 is 18.3. The molecule has 0 saturated heterocycles. The molecule has 0 unspecified atom stereocenters. The lowest BCUT2D eigenvalue weighted by atomic mass is 9.76. The predicted molar refractivity (Wildman–Crippen MR) is 119 cm³/mol. The van der Waals surface area contributed by atoms with Gasteiger partial charge in [0.15, 0.2) is 5.69 Å². The summed E-state index contributed by atoms with van der Waals surface area (Å²) in [5.74, 6) is -1.96. The molecule has 0 bridgehead atoms. The Morgan fingerprint density at radius 2 is 1.79 bits per heavy atom. The van der Waals surface area contributed by atoms with Gasteiger partial charge in [-0.05, 0) is 42.5 Å². The zero-order valence-corrected chi connectivity index (χ0v) is 18.1. The summed E-state index contributed by atoms with van der Waals surface area (Å²) in [5.41, 5.74) is -0.949. The Labute approximate surface area is 194 Å². The first-order chi connectivity index (χ1) is 16.4. The molecular formula is C24H23FN4O5. The number of H-pyrrole nitrogens is 1. The van der Waals surface area contributed by atoms with Gasteiger partial charge in [-0.25, -0.2) is 14.2 Å². The van der Waals surface area contributed by atoms with Crippen LogP contribution >= 0.6 is 0 Å². The second kappa shape index (κ2) is 9.74. The fourth-order valence-corrected chi connectivity index (χ4v) is 3.63.